The lowest BCUT2D eigenvalue weighted by Crippen LogP contribution is -2.12. The molecule has 0 bridgehead atoms. The number of hydrogen-bond acceptors (Lipinski definition) is 2. The zero-order valence-electron chi connectivity index (χ0n) is 9.58. The summed E-state index contributed by atoms with van der Waals surface area (Å²) in [4.78, 5) is 0.335. The number of halogens is 3. The highest BCUT2D eigenvalue weighted by atomic mass is 79.9. The van der Waals surface area contributed by atoms with Crippen LogP contribution in [0.5, 0.6) is 0 Å². The second-order valence-electron chi connectivity index (χ2n) is 3.78. The molecule has 0 aliphatic carbocycles. The molecule has 0 aromatic heterocycles. The third kappa shape index (κ3) is 3.48. The second-order valence-corrected chi connectivity index (χ2v) is 6.34. The van der Waals surface area contributed by atoms with Gasteiger partial charge in [0.25, 0.3) is 0 Å². The molecule has 0 radical (unpaired) electrons. The molecule has 0 saturated heterocycles. The molecular weight excluding hydrogens is 411 g/mol. The van der Waals surface area contributed by atoms with Crippen LogP contribution in [0.4, 0.5) is 11.4 Å². The van der Waals surface area contributed by atoms with Crippen LogP contribution in [-0.2, 0) is 0 Å². The topological polar surface area (TPSA) is 38.0 Å². The molecule has 2 nitrogen and oxygen atoms in total. The average Bonchev–Trinajstić information content (AvgIpc) is 2.36. The van der Waals surface area contributed by atoms with E-state index in [1.54, 1.807) is 0 Å². The van der Waals surface area contributed by atoms with Gasteiger partial charge in [-0.15, -0.1) is 0 Å². The first-order valence-corrected chi connectivity index (χ1v) is 7.66. The monoisotopic (exact) mass is 418 g/mol. The van der Waals surface area contributed by atoms with Crippen LogP contribution in [0, 0.1) is 0 Å². The summed E-state index contributed by atoms with van der Waals surface area (Å²) >= 11 is 18.0. The van der Waals surface area contributed by atoms with E-state index in [9.17, 15) is 0 Å². The standard InChI is InChI=1S/C13H9Br2ClN2S/c14-7-4-5-10(8(6-7)13(17)19)18-11-3-1-2-9(16)12(11)15/h1-6,18H,(H2,17,19). The molecule has 19 heavy (non-hydrogen) atoms. The highest BCUT2D eigenvalue weighted by molar-refractivity contribution is 9.11. The molecule has 2 rings (SSSR count). The Balaban J connectivity index is 2.44. The zero-order valence-corrected chi connectivity index (χ0v) is 14.3. The highest BCUT2D eigenvalue weighted by Gasteiger charge is 2.09. The Morgan fingerprint density at radius 1 is 1.16 bits per heavy atom. The van der Waals surface area contributed by atoms with E-state index in [-0.39, 0.29) is 0 Å². The summed E-state index contributed by atoms with van der Waals surface area (Å²) < 4.78 is 1.72. The molecule has 3 N–H and O–H groups in total. The van der Waals surface area contributed by atoms with Crippen LogP contribution in [0.2, 0.25) is 5.02 Å². The lowest BCUT2D eigenvalue weighted by molar-refractivity contribution is 1.49. The molecule has 0 aliphatic rings. The minimum absolute atomic E-state index is 0.335. The SMILES string of the molecule is NC(=S)c1cc(Br)ccc1Nc1cccc(Cl)c1Br. The molecule has 2 aromatic carbocycles. The van der Waals surface area contributed by atoms with Gasteiger partial charge in [0.05, 0.1) is 15.2 Å². The highest BCUT2D eigenvalue weighted by Crippen LogP contribution is 2.33. The van der Waals surface area contributed by atoms with Crippen molar-refractivity contribution in [2.45, 2.75) is 0 Å². The van der Waals surface area contributed by atoms with Crippen molar-refractivity contribution in [3.63, 3.8) is 0 Å². The van der Waals surface area contributed by atoms with Crippen molar-refractivity contribution in [2.24, 2.45) is 5.73 Å². The van der Waals surface area contributed by atoms with Gasteiger partial charge in [-0.2, -0.15) is 0 Å². The third-order valence-electron chi connectivity index (χ3n) is 2.47. The molecule has 0 heterocycles. The van der Waals surface area contributed by atoms with Crippen molar-refractivity contribution in [1.29, 1.82) is 0 Å². The molecule has 0 unspecified atom stereocenters. The molecule has 0 atom stereocenters. The second kappa shape index (κ2) is 6.22. The molecule has 0 fully saturated rings. The Morgan fingerprint density at radius 3 is 2.58 bits per heavy atom. The van der Waals surface area contributed by atoms with Crippen LogP contribution in [0.15, 0.2) is 45.3 Å². The van der Waals surface area contributed by atoms with E-state index >= 15 is 0 Å². The number of hydrogen-bond donors (Lipinski definition) is 2. The molecule has 2 aromatic rings. The van der Waals surface area contributed by atoms with Crippen LogP contribution in [0.1, 0.15) is 5.56 Å². The van der Waals surface area contributed by atoms with Crippen LogP contribution in [-0.4, -0.2) is 4.99 Å². The summed E-state index contributed by atoms with van der Waals surface area (Å²) in [6.45, 7) is 0. The van der Waals surface area contributed by atoms with Gasteiger partial charge in [0.2, 0.25) is 0 Å². The molecule has 0 amide bonds. The molecule has 0 spiro atoms. The van der Waals surface area contributed by atoms with Crippen molar-refractivity contribution >= 4 is 72.0 Å². The van der Waals surface area contributed by atoms with Crippen molar-refractivity contribution < 1.29 is 0 Å². The summed E-state index contributed by atoms with van der Waals surface area (Å²) in [6.07, 6.45) is 0. The molecule has 0 saturated carbocycles. The first kappa shape index (κ1) is 14.8. The quantitative estimate of drug-likeness (QED) is 0.667. The minimum atomic E-state index is 0.335. The van der Waals surface area contributed by atoms with Gasteiger partial charge in [-0.3, -0.25) is 0 Å². The Hall–Kier alpha value is -0.620. The van der Waals surface area contributed by atoms with Gasteiger partial charge in [-0.25, -0.2) is 0 Å². The third-order valence-corrected chi connectivity index (χ3v) is 4.58. The maximum absolute atomic E-state index is 6.06. The van der Waals surface area contributed by atoms with Crippen molar-refractivity contribution in [1.82, 2.24) is 0 Å². The van der Waals surface area contributed by atoms with E-state index in [2.05, 4.69) is 37.2 Å². The summed E-state index contributed by atoms with van der Waals surface area (Å²) in [7, 11) is 0. The number of nitrogens with two attached hydrogens (primary N) is 1. The lowest BCUT2D eigenvalue weighted by atomic mass is 10.1. The fourth-order valence-corrected chi connectivity index (χ4v) is 2.64. The summed E-state index contributed by atoms with van der Waals surface area (Å²) in [5.74, 6) is 0. The van der Waals surface area contributed by atoms with Crippen LogP contribution >= 0.6 is 55.7 Å². The van der Waals surface area contributed by atoms with Gasteiger partial charge >= 0.3 is 0 Å². The average molecular weight is 421 g/mol. The Bertz CT molecular complexity index is 647. The van der Waals surface area contributed by atoms with Crippen LogP contribution in [0.25, 0.3) is 0 Å². The van der Waals surface area contributed by atoms with Gasteiger partial charge in [0.15, 0.2) is 0 Å². The van der Waals surface area contributed by atoms with Gasteiger partial charge in [-0.05, 0) is 46.3 Å². The number of rotatable bonds is 3. The predicted octanol–water partition coefficient (Wildman–Crippen LogP) is 5.24. The van der Waals surface area contributed by atoms with E-state index in [1.807, 2.05) is 36.4 Å². The van der Waals surface area contributed by atoms with Crippen molar-refractivity contribution in [2.75, 3.05) is 5.32 Å². The van der Waals surface area contributed by atoms with Gasteiger partial charge in [-0.1, -0.05) is 45.8 Å². The van der Waals surface area contributed by atoms with Gasteiger partial charge in [0.1, 0.15) is 4.99 Å². The molecule has 98 valence electrons. The first-order chi connectivity index (χ1) is 8.99. The lowest BCUT2D eigenvalue weighted by Gasteiger charge is -2.13. The fraction of sp³-hybridized carbons (Fsp3) is 0. The minimum Gasteiger partial charge on any atom is -0.389 e. The first-order valence-electron chi connectivity index (χ1n) is 5.29. The van der Waals surface area contributed by atoms with E-state index in [4.69, 9.17) is 29.6 Å². The normalized spacial score (nSPS) is 10.3. The number of thiocarbonyl (C=S) groups is 1. The molecular formula is C13H9Br2ClN2S. The summed E-state index contributed by atoms with van der Waals surface area (Å²) in [5.41, 5.74) is 8.20. The van der Waals surface area contributed by atoms with E-state index < -0.39 is 0 Å². The van der Waals surface area contributed by atoms with E-state index in [0.29, 0.717) is 10.0 Å². The van der Waals surface area contributed by atoms with E-state index in [0.717, 1.165) is 25.9 Å². The Labute approximate surface area is 138 Å². The molecule has 6 heteroatoms. The van der Waals surface area contributed by atoms with Crippen molar-refractivity contribution in [3.8, 4) is 0 Å². The largest absolute Gasteiger partial charge is 0.389 e. The fourth-order valence-electron chi connectivity index (χ4n) is 1.57. The molecule has 0 aliphatic heterocycles. The van der Waals surface area contributed by atoms with Crippen LogP contribution in [0.3, 0.4) is 0 Å². The number of benzene rings is 2. The van der Waals surface area contributed by atoms with E-state index in [1.165, 1.54) is 0 Å². The summed E-state index contributed by atoms with van der Waals surface area (Å²) in [6, 6.07) is 11.3. The maximum atomic E-state index is 6.06. The number of anilines is 2. The Morgan fingerprint density at radius 2 is 1.89 bits per heavy atom. The van der Waals surface area contributed by atoms with Crippen molar-refractivity contribution in [3.05, 3.63) is 55.9 Å². The van der Waals surface area contributed by atoms with Gasteiger partial charge in [0, 0.05) is 15.7 Å². The number of nitrogens with one attached hydrogen (secondary N) is 1. The predicted molar refractivity (Wildman–Crippen MR) is 92.5 cm³/mol. The summed E-state index contributed by atoms with van der Waals surface area (Å²) in [5, 5.41) is 3.91. The Kier molecular flexibility index (Phi) is 4.84. The zero-order chi connectivity index (χ0) is 14.0. The smallest absolute Gasteiger partial charge is 0.106 e. The maximum Gasteiger partial charge on any atom is 0.106 e. The van der Waals surface area contributed by atoms with Crippen LogP contribution < -0.4 is 11.1 Å². The van der Waals surface area contributed by atoms with Gasteiger partial charge < -0.3 is 11.1 Å².